The predicted octanol–water partition coefficient (Wildman–Crippen LogP) is 6.00. The van der Waals surface area contributed by atoms with E-state index in [9.17, 15) is 35.4 Å². The van der Waals surface area contributed by atoms with E-state index in [1.54, 1.807) is 30.3 Å². The van der Waals surface area contributed by atoms with Gasteiger partial charge in [-0.2, -0.15) is 0 Å². The van der Waals surface area contributed by atoms with Gasteiger partial charge >= 0.3 is 0 Å². The molecule has 9 nitrogen and oxygen atoms in total. The van der Waals surface area contributed by atoms with Crippen LogP contribution >= 0.6 is 0 Å². The number of fused-ring (bicyclic) bond motifs is 3. The second-order valence-electron chi connectivity index (χ2n) is 11.3. The third-order valence-electron chi connectivity index (χ3n) is 8.74. The maximum atomic E-state index is 14.6. The predicted molar refractivity (Wildman–Crippen MR) is 156 cm³/mol. The summed E-state index contributed by atoms with van der Waals surface area (Å²) in [6.07, 6.45) is -1.54. The third kappa shape index (κ3) is 3.69. The Hall–Kier alpha value is -5.83. The smallest absolute Gasteiger partial charge is 0.197 e. The molecule has 2 heterocycles. The number of hydrogen-bond donors (Lipinski definition) is 6. The van der Waals surface area contributed by atoms with Gasteiger partial charge in [-0.25, -0.2) is 0 Å². The number of ether oxygens (including phenoxy) is 2. The fourth-order valence-corrected chi connectivity index (χ4v) is 7.00. The first kappa shape index (κ1) is 25.8. The summed E-state index contributed by atoms with van der Waals surface area (Å²) in [4.78, 5) is 14.6. The molecule has 9 heteroatoms. The Morgan fingerprint density at radius 2 is 0.977 bits per heavy atom. The molecule has 0 aromatic heterocycles. The summed E-state index contributed by atoms with van der Waals surface area (Å²) in [5, 5.41) is 63.7. The van der Waals surface area contributed by atoms with Crippen LogP contribution < -0.4 is 9.47 Å². The number of rotatable bonds is 2. The third-order valence-corrected chi connectivity index (χ3v) is 8.74. The molecule has 0 fully saturated rings. The zero-order chi connectivity index (χ0) is 30.4. The normalized spacial score (nSPS) is 20.8. The summed E-state index contributed by atoms with van der Waals surface area (Å²) in [5.74, 6) is -2.41. The van der Waals surface area contributed by atoms with E-state index in [2.05, 4.69) is 0 Å². The lowest BCUT2D eigenvalue weighted by Crippen LogP contribution is -2.16. The first-order chi connectivity index (χ1) is 21.2. The number of ketones is 1. The van der Waals surface area contributed by atoms with Crippen LogP contribution in [0.15, 0.2) is 84.9 Å². The van der Waals surface area contributed by atoms with Gasteiger partial charge < -0.3 is 40.1 Å². The Morgan fingerprint density at radius 3 is 1.57 bits per heavy atom. The van der Waals surface area contributed by atoms with Gasteiger partial charge in [0.25, 0.3) is 0 Å². The van der Waals surface area contributed by atoms with Gasteiger partial charge in [-0.15, -0.1) is 0 Å². The molecule has 218 valence electrons. The van der Waals surface area contributed by atoms with E-state index in [-0.39, 0.29) is 51.2 Å². The summed E-state index contributed by atoms with van der Waals surface area (Å²) in [7, 11) is 0. The van der Waals surface area contributed by atoms with Crippen molar-refractivity contribution in [1.82, 2.24) is 0 Å². The lowest BCUT2D eigenvalue weighted by molar-refractivity contribution is 0.103. The van der Waals surface area contributed by atoms with Crippen molar-refractivity contribution in [3.63, 3.8) is 0 Å². The van der Waals surface area contributed by atoms with Gasteiger partial charge in [0.15, 0.2) is 5.78 Å². The number of carbonyl (C=O) groups excluding carboxylic acids is 1. The largest absolute Gasteiger partial charge is 0.508 e. The molecular weight excluding hydrogens is 564 g/mol. The second kappa shape index (κ2) is 9.08. The minimum Gasteiger partial charge on any atom is -0.508 e. The molecule has 4 atom stereocenters. The monoisotopic (exact) mass is 588 g/mol. The van der Waals surface area contributed by atoms with Crippen LogP contribution in [0, 0.1) is 0 Å². The number of aromatic hydroxyl groups is 6. The van der Waals surface area contributed by atoms with E-state index in [1.165, 1.54) is 48.5 Å². The first-order valence-corrected chi connectivity index (χ1v) is 13.9. The molecular formula is C35H24O9. The van der Waals surface area contributed by atoms with E-state index in [1.807, 2.05) is 0 Å². The van der Waals surface area contributed by atoms with Crippen LogP contribution in [0.1, 0.15) is 73.3 Å². The van der Waals surface area contributed by atoms with Crippen molar-refractivity contribution >= 4 is 5.78 Å². The molecule has 0 spiro atoms. The lowest BCUT2D eigenvalue weighted by atomic mass is 9.76. The molecule has 0 saturated carbocycles. The number of phenols is 6. The summed E-state index contributed by atoms with van der Waals surface area (Å²) >= 11 is 0. The van der Waals surface area contributed by atoms with E-state index < -0.39 is 35.6 Å². The Balaban J connectivity index is 1.50. The van der Waals surface area contributed by atoms with Crippen LogP contribution in [0.3, 0.4) is 0 Å². The highest BCUT2D eigenvalue weighted by Gasteiger charge is 2.49. The van der Waals surface area contributed by atoms with Gasteiger partial charge in [0.1, 0.15) is 58.2 Å². The van der Waals surface area contributed by atoms with Crippen molar-refractivity contribution in [2.24, 2.45) is 0 Å². The summed E-state index contributed by atoms with van der Waals surface area (Å²) < 4.78 is 13.0. The molecule has 0 unspecified atom stereocenters. The van der Waals surface area contributed by atoms with Crippen LogP contribution in [-0.2, 0) is 0 Å². The molecule has 6 N–H and O–H groups in total. The van der Waals surface area contributed by atoms with Gasteiger partial charge in [-0.05, 0) is 64.7 Å². The molecule has 5 aromatic carbocycles. The molecule has 0 bridgehead atoms. The van der Waals surface area contributed by atoms with E-state index in [4.69, 9.17) is 9.47 Å². The number of phenolic OH excluding ortho intramolecular Hbond substituents is 6. The molecule has 2 aliphatic heterocycles. The topological polar surface area (TPSA) is 157 Å². The average molecular weight is 589 g/mol. The first-order valence-electron chi connectivity index (χ1n) is 13.9. The quantitative estimate of drug-likeness (QED) is 0.146. The van der Waals surface area contributed by atoms with Crippen molar-refractivity contribution in [3.8, 4) is 46.0 Å². The van der Waals surface area contributed by atoms with E-state index in [0.717, 1.165) is 6.07 Å². The van der Waals surface area contributed by atoms with Crippen LogP contribution in [-0.4, -0.2) is 36.4 Å². The zero-order valence-electron chi connectivity index (χ0n) is 22.8. The summed E-state index contributed by atoms with van der Waals surface area (Å²) in [6.45, 7) is 0. The van der Waals surface area contributed by atoms with Crippen molar-refractivity contribution in [2.45, 2.75) is 24.0 Å². The van der Waals surface area contributed by atoms with Gasteiger partial charge in [-0.1, -0.05) is 24.3 Å². The van der Waals surface area contributed by atoms with Crippen molar-refractivity contribution in [3.05, 3.63) is 129 Å². The summed E-state index contributed by atoms with van der Waals surface area (Å²) in [5.41, 5.74) is 3.26. The van der Waals surface area contributed by atoms with E-state index >= 15 is 0 Å². The SMILES string of the molecule is O=C1c2cc(O)cc3c2[C@H](c2cc(O)cc4c2[C@@H](c2cc(O)cc(O)c21)[C@H](c1ccc(O)cc1)O4)[C@@H](c1ccc(O)cc1)O3. The Labute approximate surface area is 250 Å². The highest BCUT2D eigenvalue weighted by Crippen LogP contribution is 2.61. The number of benzene rings is 5. The van der Waals surface area contributed by atoms with Crippen molar-refractivity contribution in [2.75, 3.05) is 0 Å². The number of carbonyl (C=O) groups is 1. The molecule has 1 aliphatic carbocycles. The fourth-order valence-electron chi connectivity index (χ4n) is 7.00. The van der Waals surface area contributed by atoms with E-state index in [0.29, 0.717) is 33.6 Å². The maximum Gasteiger partial charge on any atom is 0.197 e. The molecule has 3 aliphatic rings. The Morgan fingerprint density at radius 1 is 0.500 bits per heavy atom. The second-order valence-corrected chi connectivity index (χ2v) is 11.3. The van der Waals surface area contributed by atoms with Gasteiger partial charge in [-0.3, -0.25) is 4.79 Å². The Bertz CT molecular complexity index is 2010. The molecule has 8 rings (SSSR count). The Kier molecular flexibility index (Phi) is 5.34. The minimum absolute atomic E-state index is 0.0468. The highest BCUT2D eigenvalue weighted by molar-refractivity contribution is 6.14. The average Bonchev–Trinajstić information content (AvgIpc) is 3.55. The van der Waals surface area contributed by atoms with Crippen LogP contribution in [0.5, 0.6) is 46.0 Å². The van der Waals surface area contributed by atoms with Crippen molar-refractivity contribution in [1.29, 1.82) is 0 Å². The summed E-state index contributed by atoms with van der Waals surface area (Å²) in [6, 6.07) is 21.2. The molecule has 5 aromatic rings. The van der Waals surface area contributed by atoms with Crippen LogP contribution in [0.2, 0.25) is 0 Å². The lowest BCUT2D eigenvalue weighted by Gasteiger charge is -2.25. The maximum absolute atomic E-state index is 14.6. The van der Waals surface area contributed by atoms with Gasteiger partial charge in [0, 0.05) is 34.9 Å². The molecule has 0 amide bonds. The van der Waals surface area contributed by atoms with Crippen molar-refractivity contribution < 1.29 is 44.9 Å². The standard InChI is InChI=1S/C35H24O9/c36-17-5-1-15(2-6-17)34-31-22-9-19(38)12-25(41)28(22)33(42)24-11-21(40)14-27-30(24)32(23-10-20(39)13-26(43-34)29(23)31)35(44-27)16-3-7-18(37)8-4-16/h1-14,31-32,34-41H/t31-,32+,34+,35-/m1/s1. The van der Waals surface area contributed by atoms with Crippen LogP contribution in [0.4, 0.5) is 0 Å². The number of hydrogen-bond acceptors (Lipinski definition) is 9. The fraction of sp³-hybridized carbons (Fsp3) is 0.114. The zero-order valence-corrected chi connectivity index (χ0v) is 22.8. The highest BCUT2D eigenvalue weighted by atomic mass is 16.5. The molecule has 44 heavy (non-hydrogen) atoms. The van der Waals surface area contributed by atoms with Gasteiger partial charge in [0.05, 0.1) is 17.4 Å². The van der Waals surface area contributed by atoms with Crippen LogP contribution in [0.25, 0.3) is 0 Å². The van der Waals surface area contributed by atoms with Gasteiger partial charge in [0.2, 0.25) is 0 Å². The molecule has 0 saturated heterocycles. The molecule has 0 radical (unpaired) electrons. The minimum atomic E-state index is -0.789.